The molecule has 2 aromatic heterocycles. The third-order valence-electron chi connectivity index (χ3n) is 5.12. The van der Waals surface area contributed by atoms with Gasteiger partial charge in [0.15, 0.2) is 17.4 Å². The summed E-state index contributed by atoms with van der Waals surface area (Å²) in [4.78, 5) is 21.0. The van der Waals surface area contributed by atoms with Gasteiger partial charge in [0.25, 0.3) is 0 Å². The van der Waals surface area contributed by atoms with Gasteiger partial charge in [-0.05, 0) is 30.7 Å². The number of halogens is 5. The summed E-state index contributed by atoms with van der Waals surface area (Å²) in [6.07, 6.45) is -3.92. The van der Waals surface area contributed by atoms with Crippen LogP contribution in [0.4, 0.5) is 27.8 Å². The van der Waals surface area contributed by atoms with E-state index in [1.807, 2.05) is 18.9 Å². The predicted octanol–water partition coefficient (Wildman–Crippen LogP) is 4.14. The standard InChI is InChI=1S/C21H17F5N4O3/c1-11-9-30-18(29(11)2)8-17(28-20(30)31)32-10-12-5-14(22)19(15(23)6-12)33-13-3-4-27-16(7-13)21(24,25)26/h3-8,11H,9-10H2,1-2H3/t11-/m0/s1. The first-order valence-corrected chi connectivity index (χ1v) is 9.69. The van der Waals surface area contributed by atoms with Gasteiger partial charge in [-0.25, -0.2) is 13.6 Å². The lowest BCUT2D eigenvalue weighted by Crippen LogP contribution is -2.23. The molecule has 174 valence electrons. The summed E-state index contributed by atoms with van der Waals surface area (Å²) in [7, 11) is 1.82. The number of nitrogens with zero attached hydrogens (tertiary/aromatic N) is 4. The van der Waals surface area contributed by atoms with Crippen molar-refractivity contribution in [3.8, 4) is 17.4 Å². The van der Waals surface area contributed by atoms with E-state index >= 15 is 0 Å². The number of ether oxygens (including phenoxy) is 2. The molecule has 0 radical (unpaired) electrons. The van der Waals surface area contributed by atoms with Crippen LogP contribution in [0.1, 0.15) is 18.2 Å². The van der Waals surface area contributed by atoms with E-state index < -0.39 is 40.7 Å². The molecule has 3 aromatic rings. The van der Waals surface area contributed by atoms with E-state index in [1.165, 1.54) is 4.57 Å². The maximum absolute atomic E-state index is 14.5. The smallest absolute Gasteiger partial charge is 0.433 e. The Kier molecular flexibility index (Phi) is 5.68. The summed E-state index contributed by atoms with van der Waals surface area (Å²) < 4.78 is 79.2. The number of pyridine rings is 1. The average molecular weight is 468 g/mol. The van der Waals surface area contributed by atoms with E-state index in [4.69, 9.17) is 9.47 Å². The highest BCUT2D eigenvalue weighted by atomic mass is 19.4. The van der Waals surface area contributed by atoms with Gasteiger partial charge in [0, 0.05) is 38.0 Å². The van der Waals surface area contributed by atoms with E-state index in [-0.39, 0.29) is 24.1 Å². The first-order valence-electron chi connectivity index (χ1n) is 9.69. The molecule has 1 atom stereocenters. The van der Waals surface area contributed by atoms with Crippen LogP contribution in [0, 0.1) is 11.6 Å². The molecule has 0 saturated heterocycles. The molecule has 1 aromatic carbocycles. The topological polar surface area (TPSA) is 69.5 Å². The van der Waals surface area contributed by atoms with Crippen molar-refractivity contribution < 1.29 is 31.4 Å². The zero-order chi connectivity index (χ0) is 23.9. The van der Waals surface area contributed by atoms with E-state index in [2.05, 4.69) is 9.97 Å². The van der Waals surface area contributed by atoms with Crippen molar-refractivity contribution in [3.05, 3.63) is 69.9 Å². The highest BCUT2D eigenvalue weighted by molar-refractivity contribution is 5.45. The summed E-state index contributed by atoms with van der Waals surface area (Å²) in [5.41, 5.74) is -1.70. The quantitative estimate of drug-likeness (QED) is 0.525. The molecule has 12 heteroatoms. The second kappa shape index (κ2) is 8.34. The van der Waals surface area contributed by atoms with E-state index in [0.29, 0.717) is 18.4 Å². The molecule has 3 heterocycles. The van der Waals surface area contributed by atoms with Gasteiger partial charge < -0.3 is 14.4 Å². The molecule has 1 aliphatic heterocycles. The Bertz CT molecular complexity index is 1240. The van der Waals surface area contributed by atoms with Gasteiger partial charge in [-0.3, -0.25) is 9.55 Å². The van der Waals surface area contributed by atoms with Gasteiger partial charge in [-0.15, -0.1) is 0 Å². The van der Waals surface area contributed by atoms with Crippen LogP contribution in [0.15, 0.2) is 41.3 Å². The highest BCUT2D eigenvalue weighted by Gasteiger charge is 2.33. The van der Waals surface area contributed by atoms with Crippen molar-refractivity contribution in [2.24, 2.45) is 0 Å². The molecule has 0 unspecified atom stereocenters. The molecule has 7 nitrogen and oxygen atoms in total. The number of rotatable bonds is 5. The van der Waals surface area contributed by atoms with Gasteiger partial charge in [0.05, 0.1) is 0 Å². The van der Waals surface area contributed by atoms with Crippen LogP contribution in [0.3, 0.4) is 0 Å². The number of benzene rings is 1. The van der Waals surface area contributed by atoms with Crippen LogP contribution in [0.25, 0.3) is 0 Å². The maximum atomic E-state index is 14.5. The van der Waals surface area contributed by atoms with E-state index in [1.54, 1.807) is 6.07 Å². The molecular formula is C21H17F5N4O3. The molecule has 0 fully saturated rings. The average Bonchev–Trinajstić information content (AvgIpc) is 3.03. The summed E-state index contributed by atoms with van der Waals surface area (Å²) in [6, 6.07) is 5.05. The van der Waals surface area contributed by atoms with Gasteiger partial charge in [-0.2, -0.15) is 18.2 Å². The maximum Gasteiger partial charge on any atom is 0.433 e. The summed E-state index contributed by atoms with van der Waals surface area (Å²) in [5.74, 6) is -2.99. The Morgan fingerprint density at radius 3 is 2.52 bits per heavy atom. The van der Waals surface area contributed by atoms with Crippen LogP contribution < -0.4 is 20.1 Å². The lowest BCUT2D eigenvalue weighted by Gasteiger charge is -2.16. The normalized spacial score (nSPS) is 15.5. The van der Waals surface area contributed by atoms with Crippen LogP contribution in [-0.4, -0.2) is 27.6 Å². The molecule has 4 rings (SSSR count). The van der Waals surface area contributed by atoms with E-state index in [9.17, 15) is 26.7 Å². The predicted molar refractivity (Wildman–Crippen MR) is 106 cm³/mol. The number of hydrogen-bond acceptors (Lipinski definition) is 6. The zero-order valence-electron chi connectivity index (χ0n) is 17.4. The van der Waals surface area contributed by atoms with Crippen molar-refractivity contribution in [3.63, 3.8) is 0 Å². The zero-order valence-corrected chi connectivity index (χ0v) is 17.4. The fraction of sp³-hybridized carbons (Fsp3) is 0.286. The number of alkyl halides is 3. The molecule has 0 N–H and O–H groups in total. The second-order valence-corrected chi connectivity index (χ2v) is 7.46. The molecule has 0 bridgehead atoms. The van der Waals surface area contributed by atoms with Crippen molar-refractivity contribution >= 4 is 5.82 Å². The van der Waals surface area contributed by atoms with E-state index in [0.717, 1.165) is 24.4 Å². The lowest BCUT2D eigenvalue weighted by molar-refractivity contribution is -0.141. The minimum atomic E-state index is -4.74. The number of anilines is 1. The second-order valence-electron chi connectivity index (χ2n) is 7.46. The molecule has 1 aliphatic rings. The van der Waals surface area contributed by atoms with Gasteiger partial charge in [0.2, 0.25) is 5.88 Å². The Hall–Kier alpha value is -3.70. The van der Waals surface area contributed by atoms with Crippen LogP contribution in [0.5, 0.6) is 17.4 Å². The Labute approximate surface area is 184 Å². The fourth-order valence-corrected chi connectivity index (χ4v) is 3.32. The van der Waals surface area contributed by atoms with Crippen LogP contribution in [-0.2, 0) is 19.3 Å². The van der Waals surface area contributed by atoms with Crippen molar-refractivity contribution in [2.45, 2.75) is 32.3 Å². The van der Waals surface area contributed by atoms with Crippen LogP contribution >= 0.6 is 0 Å². The Morgan fingerprint density at radius 2 is 1.85 bits per heavy atom. The Balaban J connectivity index is 1.51. The Morgan fingerprint density at radius 1 is 1.15 bits per heavy atom. The van der Waals surface area contributed by atoms with Gasteiger partial charge in [-0.1, -0.05) is 0 Å². The molecule has 33 heavy (non-hydrogen) atoms. The number of fused-ring (bicyclic) bond motifs is 1. The summed E-state index contributed by atoms with van der Waals surface area (Å²) in [5, 5.41) is 0. The SMILES string of the molecule is C[C@H]1Cn2c(cc(OCc3cc(F)c(Oc4ccnc(C(F)(F)F)c4)c(F)c3)nc2=O)N1C. The monoisotopic (exact) mass is 468 g/mol. The van der Waals surface area contributed by atoms with Gasteiger partial charge >= 0.3 is 11.9 Å². The fourth-order valence-electron chi connectivity index (χ4n) is 3.32. The minimum absolute atomic E-state index is 0.00944. The molecule has 0 spiro atoms. The third kappa shape index (κ3) is 4.59. The third-order valence-corrected chi connectivity index (χ3v) is 5.12. The minimum Gasteiger partial charge on any atom is -0.473 e. The molecule has 0 aliphatic carbocycles. The first kappa shape index (κ1) is 22.5. The number of aromatic nitrogens is 3. The van der Waals surface area contributed by atoms with Crippen LogP contribution in [0.2, 0.25) is 0 Å². The number of hydrogen-bond donors (Lipinski definition) is 0. The summed E-state index contributed by atoms with van der Waals surface area (Å²) in [6.45, 7) is 2.12. The summed E-state index contributed by atoms with van der Waals surface area (Å²) >= 11 is 0. The van der Waals surface area contributed by atoms with Crippen molar-refractivity contribution in [1.29, 1.82) is 0 Å². The highest BCUT2D eigenvalue weighted by Crippen LogP contribution is 2.33. The first-order chi connectivity index (χ1) is 15.5. The number of likely N-dealkylation sites (N-methyl/N-ethyl adjacent to an activating group) is 1. The lowest BCUT2D eigenvalue weighted by atomic mass is 10.2. The van der Waals surface area contributed by atoms with Crippen molar-refractivity contribution in [2.75, 3.05) is 11.9 Å². The molecule has 0 amide bonds. The molecule has 0 saturated carbocycles. The molecular weight excluding hydrogens is 451 g/mol. The van der Waals surface area contributed by atoms with Gasteiger partial charge in [0.1, 0.15) is 23.9 Å². The largest absolute Gasteiger partial charge is 0.473 e. The van der Waals surface area contributed by atoms with Crippen molar-refractivity contribution in [1.82, 2.24) is 14.5 Å².